The van der Waals surface area contributed by atoms with Gasteiger partial charge in [-0.05, 0) is 17.0 Å². The van der Waals surface area contributed by atoms with Gasteiger partial charge in [-0.25, -0.2) is 8.42 Å². The average molecular weight is 358 g/mol. The molecule has 1 atom stereocenters. The molecule has 0 unspecified atom stereocenters. The van der Waals surface area contributed by atoms with Crippen molar-refractivity contribution >= 4 is 38.7 Å². The predicted octanol–water partition coefficient (Wildman–Crippen LogP) is 3.01. The van der Waals surface area contributed by atoms with Crippen molar-refractivity contribution in [1.29, 1.82) is 0 Å². The fraction of sp³-hybridized carbons (Fsp3) is 0.267. The number of hydrogen-bond acceptors (Lipinski definition) is 4. The van der Waals surface area contributed by atoms with Crippen LogP contribution in [0.2, 0.25) is 0 Å². The number of hydrogen-bond donors (Lipinski definition) is 1. The van der Waals surface area contributed by atoms with Gasteiger partial charge < -0.3 is 5.32 Å². The topological polar surface area (TPSA) is 63.2 Å². The molecule has 0 aliphatic rings. The highest BCUT2D eigenvalue weighted by atomic mass is 35.5. The fourth-order valence-corrected chi connectivity index (χ4v) is 5.06. The Kier molecular flexibility index (Phi) is 5.99. The van der Waals surface area contributed by atoms with Gasteiger partial charge in [0.2, 0.25) is 5.91 Å². The molecule has 7 heteroatoms. The molecule has 1 amide bonds. The first-order chi connectivity index (χ1) is 10.6. The molecule has 1 N–H and O–H groups in total. The van der Waals surface area contributed by atoms with Crippen LogP contribution in [0.15, 0.2) is 52.1 Å². The minimum absolute atomic E-state index is 0.0277. The molecule has 0 spiro atoms. The van der Waals surface area contributed by atoms with Crippen LogP contribution in [0.5, 0.6) is 0 Å². The summed E-state index contributed by atoms with van der Waals surface area (Å²) in [5.41, 5.74) is 0.655. The van der Waals surface area contributed by atoms with Crippen molar-refractivity contribution in [2.24, 2.45) is 0 Å². The highest BCUT2D eigenvalue weighted by molar-refractivity contribution is 7.93. The Labute approximate surface area is 139 Å². The zero-order valence-corrected chi connectivity index (χ0v) is 14.1. The van der Waals surface area contributed by atoms with Crippen LogP contribution in [-0.4, -0.2) is 26.7 Å². The number of halogens is 1. The maximum absolute atomic E-state index is 12.8. The summed E-state index contributed by atoms with van der Waals surface area (Å²) in [6, 6.07) is 12.2. The van der Waals surface area contributed by atoms with Crippen molar-refractivity contribution in [2.45, 2.75) is 15.9 Å². The van der Waals surface area contributed by atoms with Crippen LogP contribution in [0.4, 0.5) is 0 Å². The zero-order chi connectivity index (χ0) is 16.0. The van der Waals surface area contributed by atoms with E-state index in [-0.39, 0.29) is 24.8 Å². The molecule has 1 heterocycles. The second-order valence-electron chi connectivity index (χ2n) is 4.62. The second kappa shape index (κ2) is 7.76. The lowest BCUT2D eigenvalue weighted by Gasteiger charge is -2.18. The number of nitrogens with one attached hydrogen (secondary N) is 1. The first-order valence-electron chi connectivity index (χ1n) is 6.70. The molecule has 22 heavy (non-hydrogen) atoms. The maximum Gasteiger partial charge on any atom is 0.221 e. The third-order valence-electron chi connectivity index (χ3n) is 3.13. The van der Waals surface area contributed by atoms with Gasteiger partial charge in [0, 0.05) is 18.8 Å². The summed E-state index contributed by atoms with van der Waals surface area (Å²) in [6.45, 7) is 0.0277. The molecule has 2 aromatic rings. The summed E-state index contributed by atoms with van der Waals surface area (Å²) in [5, 5.41) is 3.56. The van der Waals surface area contributed by atoms with E-state index < -0.39 is 15.1 Å². The number of sulfone groups is 1. The molecule has 1 aromatic carbocycles. The van der Waals surface area contributed by atoms with Gasteiger partial charge in [-0.2, -0.15) is 0 Å². The lowest BCUT2D eigenvalue weighted by Crippen LogP contribution is -2.31. The van der Waals surface area contributed by atoms with Crippen LogP contribution in [0, 0.1) is 0 Å². The van der Waals surface area contributed by atoms with Gasteiger partial charge in [-0.3, -0.25) is 4.79 Å². The van der Waals surface area contributed by atoms with Crippen LogP contribution in [0.3, 0.4) is 0 Å². The number of amides is 1. The normalized spacial score (nSPS) is 12.8. The third kappa shape index (κ3) is 4.09. The minimum Gasteiger partial charge on any atom is -0.354 e. The van der Waals surface area contributed by atoms with Gasteiger partial charge in [-0.1, -0.05) is 36.4 Å². The molecule has 118 valence electrons. The summed E-state index contributed by atoms with van der Waals surface area (Å²) in [7, 11) is -3.55. The molecule has 0 aliphatic heterocycles. The minimum atomic E-state index is -3.55. The Hall–Kier alpha value is -1.37. The van der Waals surface area contributed by atoms with E-state index in [2.05, 4.69) is 5.32 Å². The molecular formula is C15H16ClNO3S2. The van der Waals surface area contributed by atoms with Crippen molar-refractivity contribution in [2.75, 3.05) is 12.4 Å². The smallest absolute Gasteiger partial charge is 0.221 e. The van der Waals surface area contributed by atoms with Crippen LogP contribution in [-0.2, 0) is 14.6 Å². The zero-order valence-electron chi connectivity index (χ0n) is 11.7. The van der Waals surface area contributed by atoms with E-state index in [1.165, 1.54) is 11.3 Å². The van der Waals surface area contributed by atoms with Gasteiger partial charge in [-0.15, -0.1) is 22.9 Å². The molecule has 4 nitrogen and oxygen atoms in total. The van der Waals surface area contributed by atoms with Gasteiger partial charge in [0.25, 0.3) is 0 Å². The summed E-state index contributed by atoms with van der Waals surface area (Å²) >= 11 is 6.70. The molecule has 0 saturated carbocycles. The lowest BCUT2D eigenvalue weighted by atomic mass is 10.1. The van der Waals surface area contributed by atoms with Gasteiger partial charge >= 0.3 is 0 Å². The lowest BCUT2D eigenvalue weighted by molar-refractivity contribution is -0.120. The van der Waals surface area contributed by atoms with Crippen LogP contribution in [0.25, 0.3) is 0 Å². The van der Waals surface area contributed by atoms with Gasteiger partial charge in [0.15, 0.2) is 9.84 Å². The van der Waals surface area contributed by atoms with Crippen molar-refractivity contribution in [3.05, 3.63) is 53.4 Å². The SMILES string of the molecule is O=C(CCCl)NC[C@H](c1ccccc1)S(=O)(=O)c1cccs1. The van der Waals surface area contributed by atoms with Crippen LogP contribution < -0.4 is 5.32 Å². The maximum atomic E-state index is 12.8. The Morgan fingerprint density at radius 3 is 2.50 bits per heavy atom. The number of carbonyl (C=O) groups excluding carboxylic acids is 1. The Morgan fingerprint density at radius 2 is 1.91 bits per heavy atom. The molecule has 0 fully saturated rings. The summed E-state index contributed by atoms with van der Waals surface area (Å²) in [5.74, 6) is -0.0446. The van der Waals surface area contributed by atoms with E-state index in [0.717, 1.165) is 0 Å². The Bertz CT molecular complexity index is 700. The summed E-state index contributed by atoms with van der Waals surface area (Å²) < 4.78 is 25.9. The quantitative estimate of drug-likeness (QED) is 0.775. The Balaban J connectivity index is 2.28. The van der Waals surface area contributed by atoms with Crippen LogP contribution in [0.1, 0.15) is 17.2 Å². The van der Waals surface area contributed by atoms with E-state index in [1.54, 1.807) is 41.8 Å². The number of alkyl halides is 1. The van der Waals surface area contributed by atoms with E-state index in [4.69, 9.17) is 11.6 Å². The molecule has 2 rings (SSSR count). The van der Waals surface area contributed by atoms with E-state index in [1.807, 2.05) is 6.07 Å². The number of benzene rings is 1. The highest BCUT2D eigenvalue weighted by Crippen LogP contribution is 2.31. The largest absolute Gasteiger partial charge is 0.354 e. The molecule has 0 aliphatic carbocycles. The van der Waals surface area contributed by atoms with Crippen molar-refractivity contribution in [3.63, 3.8) is 0 Å². The number of rotatable bonds is 7. The third-order valence-corrected chi connectivity index (χ3v) is 6.85. The fourth-order valence-electron chi connectivity index (χ4n) is 2.02. The van der Waals surface area contributed by atoms with Crippen molar-refractivity contribution in [1.82, 2.24) is 5.32 Å². The van der Waals surface area contributed by atoms with Gasteiger partial charge in [0.1, 0.15) is 9.46 Å². The molecule has 0 saturated heterocycles. The highest BCUT2D eigenvalue weighted by Gasteiger charge is 2.30. The first kappa shape index (κ1) is 17.0. The van der Waals surface area contributed by atoms with E-state index in [0.29, 0.717) is 9.77 Å². The average Bonchev–Trinajstić information content (AvgIpc) is 3.03. The van der Waals surface area contributed by atoms with E-state index in [9.17, 15) is 13.2 Å². The molecule has 0 radical (unpaired) electrons. The molecule has 0 bridgehead atoms. The predicted molar refractivity (Wildman–Crippen MR) is 89.0 cm³/mol. The summed E-state index contributed by atoms with van der Waals surface area (Å²) in [6.07, 6.45) is 0.169. The number of thiophene rings is 1. The van der Waals surface area contributed by atoms with E-state index >= 15 is 0 Å². The standard InChI is InChI=1S/C15H16ClNO3S2/c16-9-8-14(18)17-11-13(12-5-2-1-3-6-12)22(19,20)15-7-4-10-21-15/h1-7,10,13H,8-9,11H2,(H,17,18)/t13-/m1/s1. The number of carbonyl (C=O) groups is 1. The van der Waals surface area contributed by atoms with Gasteiger partial charge in [0.05, 0.1) is 0 Å². The molecular weight excluding hydrogens is 342 g/mol. The monoisotopic (exact) mass is 357 g/mol. The summed E-state index contributed by atoms with van der Waals surface area (Å²) in [4.78, 5) is 11.6. The first-order valence-corrected chi connectivity index (χ1v) is 9.66. The Morgan fingerprint density at radius 1 is 1.18 bits per heavy atom. The second-order valence-corrected chi connectivity index (χ2v) is 8.30. The molecule has 1 aromatic heterocycles. The van der Waals surface area contributed by atoms with Crippen molar-refractivity contribution in [3.8, 4) is 0 Å². The van der Waals surface area contributed by atoms with Crippen LogP contribution >= 0.6 is 22.9 Å². The van der Waals surface area contributed by atoms with Crippen molar-refractivity contribution < 1.29 is 13.2 Å².